The molecule has 0 fully saturated rings. The van der Waals surface area contributed by atoms with Crippen LogP contribution in [0.3, 0.4) is 0 Å². The maximum absolute atomic E-state index is 11.9. The lowest BCUT2D eigenvalue weighted by atomic mass is 10.2. The zero-order valence-corrected chi connectivity index (χ0v) is 12.0. The molecule has 0 aromatic heterocycles. The van der Waals surface area contributed by atoms with Gasteiger partial charge in [-0.1, -0.05) is 0 Å². The van der Waals surface area contributed by atoms with E-state index < -0.39 is 0 Å². The molecule has 0 heterocycles. The molecule has 6 nitrogen and oxygen atoms in total. The van der Waals surface area contributed by atoms with E-state index in [0.29, 0.717) is 36.8 Å². The molecule has 0 saturated heterocycles. The van der Waals surface area contributed by atoms with Gasteiger partial charge < -0.3 is 20.1 Å². The lowest BCUT2D eigenvalue weighted by molar-refractivity contribution is -0.118. The highest BCUT2D eigenvalue weighted by Crippen LogP contribution is 2.27. The number of carbonyl (C=O) groups is 2. The summed E-state index contributed by atoms with van der Waals surface area (Å²) < 4.78 is 10.6. The van der Waals surface area contributed by atoms with Gasteiger partial charge in [0.1, 0.15) is 0 Å². The van der Waals surface area contributed by atoms with Crippen LogP contribution in [0, 0.1) is 0 Å². The monoisotopic (exact) mass is 280 g/mol. The summed E-state index contributed by atoms with van der Waals surface area (Å²) in [6.45, 7) is 4.55. The number of amides is 2. The van der Waals surface area contributed by atoms with Gasteiger partial charge in [-0.05, 0) is 25.1 Å². The third kappa shape index (κ3) is 4.79. The van der Waals surface area contributed by atoms with Crippen molar-refractivity contribution in [2.75, 3.05) is 26.8 Å². The lowest BCUT2D eigenvalue weighted by Crippen LogP contribution is -2.33. The molecule has 2 amide bonds. The molecule has 0 saturated carbocycles. The van der Waals surface area contributed by atoms with Gasteiger partial charge in [0.2, 0.25) is 5.91 Å². The van der Waals surface area contributed by atoms with E-state index in [1.807, 2.05) is 6.92 Å². The molecule has 0 bridgehead atoms. The van der Waals surface area contributed by atoms with Crippen LogP contribution in [-0.4, -0.2) is 38.6 Å². The Kier molecular flexibility index (Phi) is 6.36. The number of benzene rings is 1. The summed E-state index contributed by atoms with van der Waals surface area (Å²) in [4.78, 5) is 22.6. The molecule has 0 unspecified atom stereocenters. The Hall–Kier alpha value is -2.24. The summed E-state index contributed by atoms with van der Waals surface area (Å²) >= 11 is 0. The van der Waals surface area contributed by atoms with Gasteiger partial charge in [0.25, 0.3) is 5.91 Å². The second-order valence-electron chi connectivity index (χ2n) is 4.04. The summed E-state index contributed by atoms with van der Waals surface area (Å²) in [6, 6.07) is 4.99. The highest BCUT2D eigenvalue weighted by atomic mass is 16.5. The average Bonchev–Trinajstić information content (AvgIpc) is 2.43. The maximum Gasteiger partial charge on any atom is 0.251 e. The summed E-state index contributed by atoms with van der Waals surface area (Å²) in [5.74, 6) is 0.771. The number of hydrogen-bond acceptors (Lipinski definition) is 4. The molecule has 0 aliphatic rings. The third-order valence-corrected chi connectivity index (χ3v) is 2.51. The molecule has 110 valence electrons. The minimum Gasteiger partial charge on any atom is -0.493 e. The van der Waals surface area contributed by atoms with Gasteiger partial charge in [-0.15, -0.1) is 0 Å². The molecule has 2 N–H and O–H groups in total. The SMILES string of the molecule is CCOc1cc(C(=O)NCCNC(C)=O)ccc1OC. The summed E-state index contributed by atoms with van der Waals surface area (Å²) in [5, 5.41) is 5.32. The first kappa shape index (κ1) is 15.8. The molecule has 20 heavy (non-hydrogen) atoms. The van der Waals surface area contributed by atoms with Crippen molar-refractivity contribution in [1.29, 1.82) is 0 Å². The van der Waals surface area contributed by atoms with Gasteiger partial charge in [-0.2, -0.15) is 0 Å². The molecule has 0 aliphatic carbocycles. The van der Waals surface area contributed by atoms with Crippen LogP contribution in [0.5, 0.6) is 11.5 Å². The van der Waals surface area contributed by atoms with Crippen LogP contribution in [0.2, 0.25) is 0 Å². The molecule has 1 aromatic rings. The van der Waals surface area contributed by atoms with Crippen LogP contribution in [-0.2, 0) is 4.79 Å². The zero-order valence-electron chi connectivity index (χ0n) is 12.0. The van der Waals surface area contributed by atoms with E-state index in [0.717, 1.165) is 0 Å². The maximum atomic E-state index is 11.9. The molecular weight excluding hydrogens is 260 g/mol. The number of nitrogens with one attached hydrogen (secondary N) is 2. The van der Waals surface area contributed by atoms with Crippen molar-refractivity contribution in [3.05, 3.63) is 23.8 Å². The smallest absolute Gasteiger partial charge is 0.251 e. The van der Waals surface area contributed by atoms with E-state index in [4.69, 9.17) is 9.47 Å². The number of carbonyl (C=O) groups excluding carboxylic acids is 2. The van der Waals surface area contributed by atoms with Crippen molar-refractivity contribution in [2.45, 2.75) is 13.8 Å². The summed E-state index contributed by atoms with van der Waals surface area (Å²) in [7, 11) is 1.55. The number of methoxy groups -OCH3 is 1. The van der Waals surface area contributed by atoms with E-state index in [1.165, 1.54) is 6.92 Å². The fourth-order valence-electron chi connectivity index (χ4n) is 1.60. The van der Waals surface area contributed by atoms with Gasteiger partial charge >= 0.3 is 0 Å². The van der Waals surface area contributed by atoms with Crippen molar-refractivity contribution in [3.63, 3.8) is 0 Å². The van der Waals surface area contributed by atoms with Crippen molar-refractivity contribution >= 4 is 11.8 Å². The molecule has 0 spiro atoms. The first-order valence-corrected chi connectivity index (χ1v) is 6.42. The van der Waals surface area contributed by atoms with Crippen molar-refractivity contribution in [2.24, 2.45) is 0 Å². The lowest BCUT2D eigenvalue weighted by Gasteiger charge is -2.11. The Bertz CT molecular complexity index is 474. The predicted molar refractivity (Wildman–Crippen MR) is 75.2 cm³/mol. The molecule has 0 radical (unpaired) electrons. The zero-order chi connectivity index (χ0) is 15.0. The Labute approximate surface area is 118 Å². The number of ether oxygens (including phenoxy) is 2. The Morgan fingerprint density at radius 2 is 1.85 bits per heavy atom. The van der Waals surface area contributed by atoms with Crippen molar-refractivity contribution < 1.29 is 19.1 Å². The molecule has 0 atom stereocenters. The minimum absolute atomic E-state index is 0.123. The van der Waals surface area contributed by atoms with Gasteiger partial charge in [0, 0.05) is 25.6 Å². The first-order chi connectivity index (χ1) is 9.58. The van der Waals surface area contributed by atoms with Gasteiger partial charge in [-0.3, -0.25) is 9.59 Å². The van der Waals surface area contributed by atoms with Gasteiger partial charge in [0.05, 0.1) is 13.7 Å². The first-order valence-electron chi connectivity index (χ1n) is 6.42. The molecular formula is C14H20N2O4. The number of rotatable bonds is 7. The van der Waals surface area contributed by atoms with Crippen LogP contribution in [0.4, 0.5) is 0 Å². The predicted octanol–water partition coefficient (Wildman–Crippen LogP) is 0.960. The van der Waals surface area contributed by atoms with E-state index in [2.05, 4.69) is 10.6 Å². The quantitative estimate of drug-likeness (QED) is 0.729. The molecule has 1 rings (SSSR count). The Morgan fingerprint density at radius 1 is 1.15 bits per heavy atom. The minimum atomic E-state index is -0.223. The molecule has 0 aliphatic heterocycles. The van der Waals surface area contributed by atoms with Crippen LogP contribution in [0.15, 0.2) is 18.2 Å². The van der Waals surface area contributed by atoms with E-state index in [-0.39, 0.29) is 11.8 Å². The fraction of sp³-hybridized carbons (Fsp3) is 0.429. The average molecular weight is 280 g/mol. The second-order valence-corrected chi connectivity index (χ2v) is 4.04. The van der Waals surface area contributed by atoms with Crippen LogP contribution in [0.1, 0.15) is 24.2 Å². The highest BCUT2D eigenvalue weighted by Gasteiger charge is 2.10. The Morgan fingerprint density at radius 3 is 2.45 bits per heavy atom. The van der Waals surface area contributed by atoms with Gasteiger partial charge in [-0.25, -0.2) is 0 Å². The van der Waals surface area contributed by atoms with E-state index in [9.17, 15) is 9.59 Å². The van der Waals surface area contributed by atoms with Crippen LogP contribution >= 0.6 is 0 Å². The van der Waals surface area contributed by atoms with Crippen molar-refractivity contribution in [3.8, 4) is 11.5 Å². The number of hydrogen-bond donors (Lipinski definition) is 2. The Balaban J connectivity index is 2.63. The topological polar surface area (TPSA) is 76.7 Å². The largest absolute Gasteiger partial charge is 0.493 e. The van der Waals surface area contributed by atoms with E-state index >= 15 is 0 Å². The highest BCUT2D eigenvalue weighted by molar-refractivity contribution is 5.94. The second kappa shape index (κ2) is 8.04. The van der Waals surface area contributed by atoms with Gasteiger partial charge in [0.15, 0.2) is 11.5 Å². The molecule has 1 aromatic carbocycles. The standard InChI is InChI=1S/C14H20N2O4/c1-4-20-13-9-11(5-6-12(13)19-3)14(18)16-8-7-15-10(2)17/h5-6,9H,4,7-8H2,1-3H3,(H,15,17)(H,16,18). The van der Waals surface area contributed by atoms with Crippen molar-refractivity contribution in [1.82, 2.24) is 10.6 Å². The third-order valence-electron chi connectivity index (χ3n) is 2.51. The fourth-order valence-corrected chi connectivity index (χ4v) is 1.60. The molecule has 6 heteroatoms. The van der Waals surface area contributed by atoms with Crippen LogP contribution in [0.25, 0.3) is 0 Å². The summed E-state index contributed by atoms with van der Waals surface area (Å²) in [6.07, 6.45) is 0. The van der Waals surface area contributed by atoms with Crippen LogP contribution < -0.4 is 20.1 Å². The normalized spacial score (nSPS) is 9.75. The van der Waals surface area contributed by atoms with E-state index in [1.54, 1.807) is 25.3 Å². The summed E-state index contributed by atoms with van der Waals surface area (Å²) in [5.41, 5.74) is 0.483.